The molecule has 0 aliphatic carbocycles. The fraction of sp³-hybridized carbons (Fsp3) is 0.700. The van der Waals surface area contributed by atoms with Crippen molar-refractivity contribution in [1.82, 2.24) is 10.2 Å². The van der Waals surface area contributed by atoms with Crippen LogP contribution >= 0.6 is 0 Å². The molecule has 3 unspecified atom stereocenters. The van der Waals surface area contributed by atoms with Crippen LogP contribution in [-0.4, -0.2) is 70.8 Å². The van der Waals surface area contributed by atoms with Crippen LogP contribution in [0.15, 0.2) is 24.3 Å². The van der Waals surface area contributed by atoms with E-state index < -0.39 is 35.1 Å². The van der Waals surface area contributed by atoms with Crippen molar-refractivity contribution in [2.24, 2.45) is 23.7 Å². The van der Waals surface area contributed by atoms with Gasteiger partial charge in [-0.2, -0.15) is 0 Å². The number of likely N-dealkylation sites (tertiary alicyclic amines) is 1. The first kappa shape index (κ1) is 29.3. The van der Waals surface area contributed by atoms with Gasteiger partial charge in [-0.3, -0.25) is 14.4 Å². The lowest BCUT2D eigenvalue weighted by atomic mass is 9.62. The van der Waals surface area contributed by atoms with E-state index in [2.05, 4.69) is 17.6 Å². The summed E-state index contributed by atoms with van der Waals surface area (Å²) in [5.74, 6) is -1.61. The first-order chi connectivity index (χ1) is 18.5. The topological polar surface area (TPSA) is 117 Å². The summed E-state index contributed by atoms with van der Waals surface area (Å²) in [6.07, 6.45) is 2.78. The number of anilines is 1. The lowest BCUT2D eigenvalue weighted by Gasteiger charge is -2.37. The fourth-order valence-electron chi connectivity index (χ4n) is 7.10. The molecule has 0 aromatic heterocycles. The van der Waals surface area contributed by atoms with Crippen molar-refractivity contribution < 1.29 is 29.0 Å². The summed E-state index contributed by atoms with van der Waals surface area (Å²) >= 11 is 0. The molecule has 3 heterocycles. The highest BCUT2D eigenvalue weighted by Crippen LogP contribution is 2.65. The third-order valence-corrected chi connectivity index (χ3v) is 8.89. The second-order valence-electron chi connectivity index (χ2n) is 12.0. The van der Waals surface area contributed by atoms with Gasteiger partial charge in [-0.05, 0) is 69.2 Å². The quantitative estimate of drug-likeness (QED) is 0.348. The Bertz CT molecular complexity index is 1060. The van der Waals surface area contributed by atoms with E-state index >= 15 is 0 Å². The molecule has 216 valence electrons. The van der Waals surface area contributed by atoms with Gasteiger partial charge >= 0.3 is 0 Å². The van der Waals surface area contributed by atoms with Gasteiger partial charge in [0.1, 0.15) is 17.4 Å². The number of ether oxygens (including phenoxy) is 2. The van der Waals surface area contributed by atoms with E-state index in [0.717, 1.165) is 12.8 Å². The Kier molecular flexibility index (Phi) is 8.61. The minimum atomic E-state index is -1.13. The van der Waals surface area contributed by atoms with E-state index in [-0.39, 0.29) is 36.2 Å². The molecule has 3 aliphatic rings. The van der Waals surface area contributed by atoms with Gasteiger partial charge in [-0.25, -0.2) is 0 Å². The normalized spacial score (nSPS) is 31.9. The molecule has 3 saturated heterocycles. The van der Waals surface area contributed by atoms with Gasteiger partial charge in [-0.15, -0.1) is 0 Å². The molecule has 3 amide bonds. The average Bonchev–Trinajstić information content (AvgIpc) is 3.40. The average molecular weight is 544 g/mol. The van der Waals surface area contributed by atoms with E-state index in [4.69, 9.17) is 9.47 Å². The van der Waals surface area contributed by atoms with Crippen LogP contribution in [0.2, 0.25) is 0 Å². The summed E-state index contributed by atoms with van der Waals surface area (Å²) in [6.45, 7) is 12.7. The lowest BCUT2D eigenvalue weighted by Crippen LogP contribution is -2.58. The van der Waals surface area contributed by atoms with Gasteiger partial charge in [0.05, 0.1) is 36.7 Å². The van der Waals surface area contributed by atoms with Crippen molar-refractivity contribution in [2.45, 2.75) is 90.5 Å². The van der Waals surface area contributed by atoms with Gasteiger partial charge in [-0.1, -0.05) is 34.1 Å². The third-order valence-electron chi connectivity index (χ3n) is 8.89. The van der Waals surface area contributed by atoms with E-state index in [1.165, 1.54) is 0 Å². The van der Waals surface area contributed by atoms with Gasteiger partial charge in [0.25, 0.3) is 0 Å². The maximum Gasteiger partial charge on any atom is 0.245 e. The SMILES string of the molecule is CCCCNC(=O)C1N([C@@H](CO)CC(C)C)C(=O)[C@@H]2[C@@H](C(=O)Nc3ccc(OCC)cc3)[C@]3(C)OC12CC3C. The van der Waals surface area contributed by atoms with Crippen molar-refractivity contribution in [1.29, 1.82) is 0 Å². The fourth-order valence-corrected chi connectivity index (χ4v) is 7.10. The van der Waals surface area contributed by atoms with Crippen LogP contribution in [0, 0.1) is 23.7 Å². The first-order valence-electron chi connectivity index (χ1n) is 14.5. The van der Waals surface area contributed by atoms with Gasteiger partial charge < -0.3 is 30.1 Å². The largest absolute Gasteiger partial charge is 0.494 e. The second kappa shape index (κ2) is 11.5. The summed E-state index contributed by atoms with van der Waals surface area (Å²) < 4.78 is 12.3. The van der Waals surface area contributed by atoms with Crippen molar-refractivity contribution in [3.8, 4) is 5.75 Å². The van der Waals surface area contributed by atoms with Crippen molar-refractivity contribution in [3.05, 3.63) is 24.3 Å². The van der Waals surface area contributed by atoms with E-state index in [1.807, 2.05) is 34.6 Å². The van der Waals surface area contributed by atoms with Crippen LogP contribution in [0.25, 0.3) is 0 Å². The number of rotatable bonds is 12. The lowest BCUT2D eigenvalue weighted by molar-refractivity contribution is -0.150. The maximum atomic E-state index is 14.3. The van der Waals surface area contributed by atoms with Crippen molar-refractivity contribution in [3.63, 3.8) is 0 Å². The molecule has 3 fully saturated rings. The zero-order valence-electron chi connectivity index (χ0n) is 24.2. The molecule has 1 aromatic carbocycles. The number of aliphatic hydroxyl groups is 1. The number of nitrogens with zero attached hydrogens (tertiary/aromatic N) is 1. The zero-order valence-corrected chi connectivity index (χ0v) is 24.2. The minimum absolute atomic E-state index is 0.0544. The van der Waals surface area contributed by atoms with E-state index in [1.54, 1.807) is 29.2 Å². The molecule has 0 saturated carbocycles. The molecule has 7 atom stereocenters. The first-order valence-corrected chi connectivity index (χ1v) is 14.5. The Morgan fingerprint density at radius 2 is 1.90 bits per heavy atom. The number of aliphatic hydroxyl groups excluding tert-OH is 1. The molecular formula is C30H45N3O6. The Morgan fingerprint density at radius 3 is 2.49 bits per heavy atom. The maximum absolute atomic E-state index is 14.3. The van der Waals surface area contributed by atoms with Crippen LogP contribution in [-0.2, 0) is 19.1 Å². The van der Waals surface area contributed by atoms with E-state index in [9.17, 15) is 19.5 Å². The van der Waals surface area contributed by atoms with E-state index in [0.29, 0.717) is 37.4 Å². The molecule has 3 aliphatic heterocycles. The van der Waals surface area contributed by atoms with Crippen LogP contribution in [0.4, 0.5) is 5.69 Å². The predicted octanol–water partition coefficient (Wildman–Crippen LogP) is 3.36. The summed E-state index contributed by atoms with van der Waals surface area (Å²) in [5.41, 5.74) is -1.44. The molecule has 0 radical (unpaired) electrons. The minimum Gasteiger partial charge on any atom is -0.494 e. The summed E-state index contributed by atoms with van der Waals surface area (Å²) in [7, 11) is 0. The smallest absolute Gasteiger partial charge is 0.245 e. The Labute approximate surface area is 232 Å². The zero-order chi connectivity index (χ0) is 28.5. The number of benzene rings is 1. The van der Waals surface area contributed by atoms with Gasteiger partial charge in [0, 0.05) is 12.2 Å². The summed E-state index contributed by atoms with van der Waals surface area (Å²) in [5, 5.41) is 16.4. The molecule has 9 heteroatoms. The molecule has 39 heavy (non-hydrogen) atoms. The summed E-state index contributed by atoms with van der Waals surface area (Å²) in [4.78, 5) is 43.6. The van der Waals surface area contributed by atoms with Gasteiger partial charge in [0.2, 0.25) is 17.7 Å². The molecular weight excluding hydrogens is 498 g/mol. The highest BCUT2D eigenvalue weighted by Gasteiger charge is 2.80. The number of fused-ring (bicyclic) bond motifs is 1. The molecule has 9 nitrogen and oxygen atoms in total. The molecule has 2 bridgehead atoms. The number of hydrogen-bond acceptors (Lipinski definition) is 6. The second-order valence-corrected chi connectivity index (χ2v) is 12.0. The molecule has 1 spiro atoms. The predicted molar refractivity (Wildman–Crippen MR) is 148 cm³/mol. The number of unbranched alkanes of at least 4 members (excludes halogenated alkanes) is 1. The highest BCUT2D eigenvalue weighted by molar-refractivity contribution is 6.02. The number of carbonyl (C=O) groups is 3. The number of carbonyl (C=O) groups excluding carboxylic acids is 3. The van der Waals surface area contributed by atoms with Crippen LogP contribution < -0.4 is 15.4 Å². The molecule has 3 N–H and O–H groups in total. The standard InChI is InChI=1S/C30H45N3O6/c1-7-9-14-31-27(36)25-30-16-19(5)29(6,39-30)23(24(30)28(37)33(25)21(17-34)15-18(3)4)26(35)32-20-10-12-22(13-11-20)38-8-2/h10-13,18-19,21,23-25,34H,7-9,14-17H2,1-6H3,(H,31,36)(H,32,35)/t19?,21-,23+,24+,25?,29-,30?/m1/s1. The number of amides is 3. The van der Waals surface area contributed by atoms with Crippen LogP contribution in [0.3, 0.4) is 0 Å². The summed E-state index contributed by atoms with van der Waals surface area (Å²) in [6, 6.07) is 5.68. The molecule has 4 rings (SSSR count). The van der Waals surface area contributed by atoms with Gasteiger partial charge in [0.15, 0.2) is 0 Å². The van der Waals surface area contributed by atoms with Crippen LogP contribution in [0.1, 0.15) is 67.2 Å². The highest BCUT2D eigenvalue weighted by atomic mass is 16.5. The number of hydrogen-bond donors (Lipinski definition) is 3. The van der Waals surface area contributed by atoms with Crippen molar-refractivity contribution in [2.75, 3.05) is 25.1 Å². The Morgan fingerprint density at radius 1 is 1.21 bits per heavy atom. The van der Waals surface area contributed by atoms with Crippen molar-refractivity contribution >= 4 is 23.4 Å². The molecule has 1 aromatic rings. The third kappa shape index (κ3) is 5.04. The van der Waals surface area contributed by atoms with Crippen LogP contribution in [0.5, 0.6) is 5.75 Å². The Balaban J connectivity index is 1.71. The number of nitrogens with one attached hydrogen (secondary N) is 2. The monoisotopic (exact) mass is 543 g/mol. The Hall–Kier alpha value is -2.65.